The van der Waals surface area contributed by atoms with Crippen molar-refractivity contribution in [1.29, 1.82) is 0 Å². The average molecular weight is 549 g/mol. The van der Waals surface area contributed by atoms with Crippen molar-refractivity contribution in [2.24, 2.45) is 9.98 Å². The van der Waals surface area contributed by atoms with E-state index in [1.54, 1.807) is 6.21 Å². The van der Waals surface area contributed by atoms with Crippen LogP contribution in [0.2, 0.25) is 0 Å². The van der Waals surface area contributed by atoms with Crippen molar-refractivity contribution in [3.8, 4) is 5.75 Å². The predicted octanol–water partition coefficient (Wildman–Crippen LogP) is 3.96. The van der Waals surface area contributed by atoms with Crippen LogP contribution in [0.3, 0.4) is 0 Å². The molecule has 2 aromatic rings. The van der Waals surface area contributed by atoms with Gasteiger partial charge in [-0.3, -0.25) is 9.98 Å². The maximum absolute atomic E-state index is 6.56. The molecular formula is C30H44N8O2. The zero-order chi connectivity index (χ0) is 27.7. The van der Waals surface area contributed by atoms with Crippen LogP contribution in [0.1, 0.15) is 38.2 Å². The van der Waals surface area contributed by atoms with Crippen molar-refractivity contribution in [1.82, 2.24) is 19.8 Å². The topological polar surface area (TPSA) is 90.7 Å². The van der Waals surface area contributed by atoms with Gasteiger partial charge in [0, 0.05) is 82.2 Å². The van der Waals surface area contributed by atoms with Gasteiger partial charge in [0.2, 0.25) is 5.95 Å². The van der Waals surface area contributed by atoms with Gasteiger partial charge >= 0.3 is 0 Å². The van der Waals surface area contributed by atoms with Crippen LogP contribution >= 0.6 is 0 Å². The standard InChI is InChI=1S/C30H44N8O2/c1-4-32-27-19-25(38-15-17-39-18-16-38)20-28(29(27)31-2)40-26-7-5-24(6-8-26)35-30-33-21-23(22-34-30)9-10-37-13-11-36(3)12-14-37/h4,19-22,24,26H,2,5-18H2,1,3H3,(H,33,34,35)/b32-4-/t24-,26+. The van der Waals surface area contributed by atoms with Crippen LogP contribution in [-0.4, -0.2) is 111 Å². The summed E-state index contributed by atoms with van der Waals surface area (Å²) >= 11 is 0. The quantitative estimate of drug-likeness (QED) is 0.447. The molecule has 10 nitrogen and oxygen atoms in total. The highest BCUT2D eigenvalue weighted by Gasteiger charge is 2.25. The molecule has 3 heterocycles. The van der Waals surface area contributed by atoms with Crippen molar-refractivity contribution < 1.29 is 9.47 Å². The van der Waals surface area contributed by atoms with E-state index >= 15 is 0 Å². The molecule has 10 heteroatoms. The summed E-state index contributed by atoms with van der Waals surface area (Å²) < 4.78 is 12.1. The highest BCUT2D eigenvalue weighted by molar-refractivity contribution is 5.80. The number of ether oxygens (including phenoxy) is 2. The Hall–Kier alpha value is -3.08. The number of hydrogen-bond donors (Lipinski definition) is 1. The molecule has 1 aliphatic carbocycles. The lowest BCUT2D eigenvalue weighted by Crippen LogP contribution is -2.45. The van der Waals surface area contributed by atoms with E-state index < -0.39 is 0 Å². The van der Waals surface area contributed by atoms with Crippen LogP contribution in [0.25, 0.3) is 0 Å². The van der Waals surface area contributed by atoms with Gasteiger partial charge in [-0.15, -0.1) is 0 Å². The maximum atomic E-state index is 6.56. The van der Waals surface area contributed by atoms with E-state index in [4.69, 9.17) is 9.47 Å². The molecule has 3 aliphatic rings. The summed E-state index contributed by atoms with van der Waals surface area (Å²) in [7, 11) is 2.19. The Morgan fingerprint density at radius 3 is 2.45 bits per heavy atom. The van der Waals surface area contributed by atoms with Crippen LogP contribution in [0.4, 0.5) is 23.0 Å². The number of anilines is 2. The summed E-state index contributed by atoms with van der Waals surface area (Å²) in [6.07, 6.45) is 10.7. The SMILES string of the molecule is C=Nc1c(/N=C\C)cc(N2CCOCC2)cc1O[C@H]1CC[C@@H](Nc2ncc(CCN3CCN(C)CC3)cn2)CC1. The zero-order valence-corrected chi connectivity index (χ0v) is 24.1. The minimum atomic E-state index is 0.120. The number of benzene rings is 1. The van der Waals surface area contributed by atoms with Gasteiger partial charge < -0.3 is 29.5 Å². The summed E-state index contributed by atoms with van der Waals surface area (Å²) in [5.41, 5.74) is 3.78. The molecule has 0 bridgehead atoms. The number of hydrogen-bond acceptors (Lipinski definition) is 10. The monoisotopic (exact) mass is 548 g/mol. The van der Waals surface area contributed by atoms with E-state index in [9.17, 15) is 0 Å². The predicted molar refractivity (Wildman–Crippen MR) is 162 cm³/mol. The van der Waals surface area contributed by atoms with Gasteiger partial charge in [-0.2, -0.15) is 0 Å². The Morgan fingerprint density at radius 2 is 1.77 bits per heavy atom. The second-order valence-electron chi connectivity index (χ2n) is 11.0. The third-order valence-corrected chi connectivity index (χ3v) is 8.16. The van der Waals surface area contributed by atoms with Gasteiger partial charge in [0.25, 0.3) is 0 Å². The van der Waals surface area contributed by atoms with E-state index in [1.807, 2.05) is 19.3 Å². The molecule has 216 valence electrons. The van der Waals surface area contributed by atoms with Crippen molar-refractivity contribution in [2.75, 3.05) is 76.3 Å². The molecular weight excluding hydrogens is 504 g/mol. The van der Waals surface area contributed by atoms with Crippen LogP contribution in [0.5, 0.6) is 5.75 Å². The number of rotatable bonds is 10. The molecule has 2 aliphatic heterocycles. The Morgan fingerprint density at radius 1 is 1.05 bits per heavy atom. The van der Waals surface area contributed by atoms with Gasteiger partial charge in [0.05, 0.1) is 25.0 Å². The molecule has 1 aromatic heterocycles. The van der Waals surface area contributed by atoms with Gasteiger partial charge in [-0.1, -0.05) is 0 Å². The maximum Gasteiger partial charge on any atom is 0.222 e. The third-order valence-electron chi connectivity index (χ3n) is 8.16. The minimum absolute atomic E-state index is 0.120. The van der Waals surface area contributed by atoms with Crippen molar-refractivity contribution in [2.45, 2.75) is 51.2 Å². The first kappa shape index (κ1) is 28.4. The van der Waals surface area contributed by atoms with Crippen LogP contribution in [0.15, 0.2) is 34.5 Å². The molecule has 40 heavy (non-hydrogen) atoms. The van der Waals surface area contributed by atoms with E-state index in [0.717, 1.165) is 108 Å². The number of piperazine rings is 1. The van der Waals surface area contributed by atoms with E-state index in [2.05, 4.69) is 65.9 Å². The zero-order valence-electron chi connectivity index (χ0n) is 24.1. The van der Waals surface area contributed by atoms with Gasteiger partial charge in [0.1, 0.15) is 11.4 Å². The fourth-order valence-corrected chi connectivity index (χ4v) is 5.67. The van der Waals surface area contributed by atoms with Crippen LogP contribution in [0, 0.1) is 0 Å². The largest absolute Gasteiger partial charge is 0.488 e. The average Bonchev–Trinajstić information content (AvgIpc) is 2.99. The van der Waals surface area contributed by atoms with Gasteiger partial charge in [-0.25, -0.2) is 9.97 Å². The molecule has 0 atom stereocenters. The molecule has 3 fully saturated rings. The number of aromatic nitrogens is 2. The Kier molecular flexibility index (Phi) is 9.96. The minimum Gasteiger partial charge on any atom is -0.488 e. The Labute approximate surface area is 238 Å². The number of likely N-dealkylation sites (N-methyl/N-ethyl adjacent to an activating group) is 1. The molecule has 1 N–H and O–H groups in total. The van der Waals surface area contributed by atoms with Crippen molar-refractivity contribution in [3.63, 3.8) is 0 Å². The summed E-state index contributed by atoms with van der Waals surface area (Å²) in [4.78, 5) is 25.3. The molecule has 0 spiro atoms. The van der Waals surface area contributed by atoms with E-state index in [0.29, 0.717) is 17.7 Å². The Balaban J connectivity index is 1.13. The van der Waals surface area contributed by atoms with Crippen LogP contribution in [-0.2, 0) is 11.2 Å². The summed E-state index contributed by atoms with van der Waals surface area (Å²) in [6.45, 7) is 14.5. The first-order valence-electron chi connectivity index (χ1n) is 14.7. The van der Waals surface area contributed by atoms with Crippen molar-refractivity contribution in [3.05, 3.63) is 30.1 Å². The number of aliphatic imine (C=N–C) groups is 2. The molecule has 0 unspecified atom stereocenters. The molecule has 5 rings (SSSR count). The first-order chi connectivity index (χ1) is 19.6. The second-order valence-corrected chi connectivity index (χ2v) is 11.0. The summed E-state index contributed by atoms with van der Waals surface area (Å²) in [5, 5.41) is 3.54. The summed E-state index contributed by atoms with van der Waals surface area (Å²) in [6, 6.07) is 4.50. The smallest absolute Gasteiger partial charge is 0.222 e. The number of nitrogens with zero attached hydrogens (tertiary/aromatic N) is 7. The fourth-order valence-electron chi connectivity index (χ4n) is 5.67. The normalized spacial score (nSPS) is 22.9. The third kappa shape index (κ3) is 7.56. The molecule has 2 saturated heterocycles. The lowest BCUT2D eigenvalue weighted by Gasteiger charge is -2.32. The molecule has 0 amide bonds. The van der Waals surface area contributed by atoms with E-state index in [-0.39, 0.29) is 6.10 Å². The number of nitrogens with one attached hydrogen (secondary N) is 1. The lowest BCUT2D eigenvalue weighted by molar-refractivity contribution is 0.122. The van der Waals surface area contributed by atoms with Gasteiger partial charge in [-0.05, 0) is 64.4 Å². The molecule has 1 aromatic carbocycles. The first-order valence-corrected chi connectivity index (χ1v) is 14.7. The van der Waals surface area contributed by atoms with Gasteiger partial charge in [0.15, 0.2) is 0 Å². The van der Waals surface area contributed by atoms with Crippen molar-refractivity contribution >= 4 is 35.9 Å². The highest BCUT2D eigenvalue weighted by atomic mass is 16.5. The lowest BCUT2D eigenvalue weighted by atomic mass is 9.93. The number of morpholine rings is 1. The highest BCUT2D eigenvalue weighted by Crippen LogP contribution is 2.43. The Bertz CT molecular complexity index is 1120. The second kappa shape index (κ2) is 14.0. The van der Waals surface area contributed by atoms with E-state index in [1.165, 1.54) is 5.56 Å². The van der Waals surface area contributed by atoms with Crippen LogP contribution < -0.4 is 15.0 Å². The summed E-state index contributed by atoms with van der Waals surface area (Å²) in [5.74, 6) is 1.47. The molecule has 0 radical (unpaired) electrons. The molecule has 1 saturated carbocycles. The fraction of sp³-hybridized carbons (Fsp3) is 0.600.